The van der Waals surface area contributed by atoms with Gasteiger partial charge in [0.05, 0.1) is 0 Å². The number of rotatable bonds is 5. The van der Waals surface area contributed by atoms with Crippen molar-refractivity contribution in [2.45, 2.75) is 173 Å². The highest BCUT2D eigenvalue weighted by Crippen LogP contribution is 2.65. The molecule has 12 unspecified atom stereocenters. The Morgan fingerprint density at radius 3 is 1.43 bits per heavy atom. The monoisotopic (exact) mass is 601 g/mol. The molecule has 12 atom stereocenters. The molecule has 0 N–H and O–H groups in total. The van der Waals surface area contributed by atoms with Gasteiger partial charge >= 0.3 is 0 Å². The molecule has 8 aliphatic carbocycles. The molecule has 0 heterocycles. The summed E-state index contributed by atoms with van der Waals surface area (Å²) in [5.74, 6) is 16.1. The van der Waals surface area contributed by atoms with Gasteiger partial charge in [-0.15, -0.1) is 6.58 Å². The van der Waals surface area contributed by atoms with Gasteiger partial charge in [0, 0.05) is 0 Å². The second-order valence-electron chi connectivity index (χ2n) is 19.0. The van der Waals surface area contributed by atoms with Crippen molar-refractivity contribution in [2.24, 2.45) is 88.8 Å². The number of fused-ring (bicyclic) bond motifs is 3. The van der Waals surface area contributed by atoms with E-state index in [4.69, 9.17) is 0 Å². The van der Waals surface area contributed by atoms with Crippen LogP contribution in [0.3, 0.4) is 0 Å². The van der Waals surface area contributed by atoms with Gasteiger partial charge in [-0.25, -0.2) is 0 Å². The normalized spacial score (nSPS) is 50.5. The lowest BCUT2D eigenvalue weighted by Crippen LogP contribution is -2.55. The molecule has 0 bridgehead atoms. The number of allylic oxidation sites excluding steroid dienone is 1. The molecule has 0 amide bonds. The van der Waals surface area contributed by atoms with Crippen LogP contribution in [0.5, 0.6) is 0 Å². The highest BCUT2D eigenvalue weighted by molar-refractivity contribution is 5.07. The lowest BCUT2D eigenvalue weighted by molar-refractivity contribution is -0.134. The van der Waals surface area contributed by atoms with Gasteiger partial charge in [0.2, 0.25) is 0 Å². The van der Waals surface area contributed by atoms with E-state index in [9.17, 15) is 0 Å². The van der Waals surface area contributed by atoms with Crippen LogP contribution in [0.15, 0.2) is 12.7 Å². The third kappa shape index (κ3) is 6.08. The van der Waals surface area contributed by atoms with Crippen molar-refractivity contribution >= 4 is 0 Å². The lowest BCUT2D eigenvalue weighted by Gasteiger charge is -2.62. The van der Waals surface area contributed by atoms with Crippen LogP contribution in [-0.4, -0.2) is 0 Å². The van der Waals surface area contributed by atoms with Crippen molar-refractivity contribution in [3.8, 4) is 0 Å². The van der Waals surface area contributed by atoms with Crippen molar-refractivity contribution < 1.29 is 0 Å². The molecule has 8 fully saturated rings. The Kier molecular flexibility index (Phi) is 9.93. The second-order valence-corrected chi connectivity index (χ2v) is 19.0. The van der Waals surface area contributed by atoms with E-state index in [0.29, 0.717) is 0 Å². The fraction of sp³-hybridized carbons (Fsp3) is 0.955. The number of hydrogen-bond donors (Lipinski definition) is 0. The standard InChI is InChI=1S/C44H72/c1-2-30-20-27-41-42(28-30)43(36-26-23-32-14-6-7-15-35(32)29-36)39-18-10-11-19-40(39)44(41)38-17-9-8-16-37(38)34-24-21-33(22-25-34)31-12-4-3-5-13-31/h2,30-44H,1,3-29H2. The van der Waals surface area contributed by atoms with Gasteiger partial charge < -0.3 is 0 Å². The average Bonchev–Trinajstić information content (AvgIpc) is 3.10. The molecule has 0 spiro atoms. The highest BCUT2D eigenvalue weighted by Gasteiger charge is 2.57. The van der Waals surface area contributed by atoms with Crippen molar-refractivity contribution in [1.82, 2.24) is 0 Å². The maximum absolute atomic E-state index is 4.42. The van der Waals surface area contributed by atoms with E-state index in [1.165, 1.54) is 38.5 Å². The molecule has 0 nitrogen and oxygen atoms in total. The molecule has 8 saturated carbocycles. The van der Waals surface area contributed by atoms with Crippen LogP contribution < -0.4 is 0 Å². The summed E-state index contributed by atoms with van der Waals surface area (Å²) in [6.45, 7) is 4.42. The maximum atomic E-state index is 4.42. The summed E-state index contributed by atoms with van der Waals surface area (Å²) in [6.07, 6.45) is 45.0. The van der Waals surface area contributed by atoms with Gasteiger partial charge in [-0.3, -0.25) is 0 Å². The minimum atomic E-state index is 0.822. The predicted molar refractivity (Wildman–Crippen MR) is 187 cm³/mol. The van der Waals surface area contributed by atoms with Crippen LogP contribution in [-0.2, 0) is 0 Å². The predicted octanol–water partition coefficient (Wildman–Crippen LogP) is 13.1. The van der Waals surface area contributed by atoms with Gasteiger partial charge in [-0.05, 0) is 179 Å². The van der Waals surface area contributed by atoms with E-state index in [-0.39, 0.29) is 0 Å². The minimum Gasteiger partial charge on any atom is -0.103 e. The zero-order valence-corrected chi connectivity index (χ0v) is 29.0. The van der Waals surface area contributed by atoms with E-state index >= 15 is 0 Å². The van der Waals surface area contributed by atoms with Crippen molar-refractivity contribution in [3.63, 3.8) is 0 Å². The molecular formula is C44H72. The van der Waals surface area contributed by atoms with E-state index in [1.807, 2.05) is 0 Å². The van der Waals surface area contributed by atoms with E-state index in [2.05, 4.69) is 12.7 Å². The molecule has 0 aliphatic heterocycles. The Morgan fingerprint density at radius 1 is 0.295 bits per heavy atom. The summed E-state index contributed by atoms with van der Waals surface area (Å²) >= 11 is 0. The van der Waals surface area contributed by atoms with E-state index in [1.54, 1.807) is 135 Å². The van der Waals surface area contributed by atoms with E-state index < -0.39 is 0 Å². The molecule has 8 aliphatic rings. The summed E-state index contributed by atoms with van der Waals surface area (Å²) in [7, 11) is 0. The zero-order chi connectivity index (χ0) is 29.5. The Bertz CT molecular complexity index is 918. The molecule has 248 valence electrons. The van der Waals surface area contributed by atoms with Crippen LogP contribution in [0.4, 0.5) is 0 Å². The van der Waals surface area contributed by atoms with Gasteiger partial charge in [-0.1, -0.05) is 89.5 Å². The van der Waals surface area contributed by atoms with Crippen molar-refractivity contribution in [3.05, 3.63) is 12.7 Å². The zero-order valence-electron chi connectivity index (χ0n) is 29.0. The Balaban J connectivity index is 1.05. The van der Waals surface area contributed by atoms with Gasteiger partial charge in [-0.2, -0.15) is 0 Å². The van der Waals surface area contributed by atoms with Crippen LogP contribution >= 0.6 is 0 Å². The largest absolute Gasteiger partial charge is 0.103 e. The minimum absolute atomic E-state index is 0.822. The van der Waals surface area contributed by atoms with Crippen molar-refractivity contribution in [2.75, 3.05) is 0 Å². The molecule has 0 aromatic heterocycles. The quantitative estimate of drug-likeness (QED) is 0.275. The Labute approximate surface area is 274 Å². The number of hydrogen-bond acceptors (Lipinski definition) is 0. The molecule has 0 heteroatoms. The van der Waals surface area contributed by atoms with Crippen molar-refractivity contribution in [1.29, 1.82) is 0 Å². The molecule has 44 heavy (non-hydrogen) atoms. The maximum Gasteiger partial charge on any atom is -0.0233 e. The Hall–Kier alpha value is -0.260. The fourth-order valence-electron chi connectivity index (χ4n) is 15.7. The third-order valence-corrected chi connectivity index (χ3v) is 17.4. The summed E-state index contributed by atoms with van der Waals surface area (Å²) < 4.78 is 0. The summed E-state index contributed by atoms with van der Waals surface area (Å²) in [4.78, 5) is 0. The van der Waals surface area contributed by atoms with Crippen LogP contribution in [0, 0.1) is 88.8 Å². The molecular weight excluding hydrogens is 528 g/mol. The molecule has 0 saturated heterocycles. The second kappa shape index (κ2) is 14.1. The first-order chi connectivity index (χ1) is 21.8. The molecule has 0 radical (unpaired) electrons. The highest BCUT2D eigenvalue weighted by atomic mass is 14.6. The first-order valence-corrected chi connectivity index (χ1v) is 21.4. The summed E-state index contributed by atoms with van der Waals surface area (Å²) in [6, 6.07) is 0. The van der Waals surface area contributed by atoms with Crippen LogP contribution in [0.25, 0.3) is 0 Å². The lowest BCUT2D eigenvalue weighted by atomic mass is 9.43. The smallest absolute Gasteiger partial charge is 0.0233 e. The van der Waals surface area contributed by atoms with Crippen LogP contribution in [0.2, 0.25) is 0 Å². The average molecular weight is 601 g/mol. The van der Waals surface area contributed by atoms with Gasteiger partial charge in [0.1, 0.15) is 0 Å². The molecule has 0 aromatic rings. The van der Waals surface area contributed by atoms with E-state index in [0.717, 1.165) is 88.8 Å². The Morgan fingerprint density at radius 2 is 0.750 bits per heavy atom. The molecule has 0 aromatic carbocycles. The first kappa shape index (κ1) is 31.0. The van der Waals surface area contributed by atoms with Gasteiger partial charge in [0.15, 0.2) is 0 Å². The summed E-state index contributed by atoms with van der Waals surface area (Å²) in [5, 5.41) is 0. The topological polar surface area (TPSA) is 0 Å². The summed E-state index contributed by atoms with van der Waals surface area (Å²) in [5.41, 5.74) is 0. The van der Waals surface area contributed by atoms with Gasteiger partial charge in [0.25, 0.3) is 0 Å². The van der Waals surface area contributed by atoms with Crippen LogP contribution in [0.1, 0.15) is 173 Å². The first-order valence-electron chi connectivity index (χ1n) is 21.4. The third-order valence-electron chi connectivity index (χ3n) is 17.4. The molecule has 8 rings (SSSR count). The fourth-order valence-corrected chi connectivity index (χ4v) is 15.7. The SMILES string of the molecule is C=CC1CCC2C(C1)C(C1CCC3CCCCC3C1)C1CCCCC1C2C1CCCCC1C1CCC(C2CCCCC2)CC1.